The van der Waals surface area contributed by atoms with E-state index in [0.717, 1.165) is 33.2 Å². The Morgan fingerprint density at radius 1 is 1.03 bits per heavy atom. The molecule has 2 aromatic heterocycles. The minimum absolute atomic E-state index is 0.104. The summed E-state index contributed by atoms with van der Waals surface area (Å²) in [6.07, 6.45) is 0.920. The minimum atomic E-state index is -0.104. The molecule has 1 amide bonds. The highest BCUT2D eigenvalue weighted by molar-refractivity contribution is 7.20. The van der Waals surface area contributed by atoms with E-state index < -0.39 is 0 Å². The summed E-state index contributed by atoms with van der Waals surface area (Å²) in [5.74, 6) is 2.78. The van der Waals surface area contributed by atoms with E-state index in [0.29, 0.717) is 30.4 Å². The monoisotopic (exact) mass is 452 g/mol. The van der Waals surface area contributed by atoms with Crippen molar-refractivity contribution < 1.29 is 19.0 Å². The van der Waals surface area contributed by atoms with E-state index in [1.807, 2.05) is 55.5 Å². The zero-order valence-electron chi connectivity index (χ0n) is 18.1. The number of carbonyl (C=O) groups excluding carboxylic acids is 1. The molecular formula is C23H24N4O4S. The Labute approximate surface area is 189 Å². The van der Waals surface area contributed by atoms with Crippen LogP contribution in [0.15, 0.2) is 48.5 Å². The molecule has 0 atom stereocenters. The van der Waals surface area contributed by atoms with E-state index in [2.05, 4.69) is 15.4 Å². The van der Waals surface area contributed by atoms with Gasteiger partial charge in [-0.05, 0) is 55.8 Å². The second-order valence-corrected chi connectivity index (χ2v) is 8.10. The highest BCUT2D eigenvalue weighted by Crippen LogP contribution is 2.30. The lowest BCUT2D eigenvalue weighted by Crippen LogP contribution is -2.15. The standard InChI is InChI=1S/C23H24N4O4S/c1-15-13-21(25-22(28)5-4-12-31-17-8-6-16(29-2)7-9-17)27(26-15)23-24-19-11-10-18(30-3)14-20(19)32-23/h6-11,13-14H,4-5,12H2,1-3H3,(H,25,28). The highest BCUT2D eigenvalue weighted by atomic mass is 32.1. The van der Waals surface area contributed by atoms with Crippen LogP contribution in [-0.2, 0) is 4.79 Å². The molecule has 2 heterocycles. The summed E-state index contributed by atoms with van der Waals surface area (Å²) in [5.41, 5.74) is 1.65. The van der Waals surface area contributed by atoms with Gasteiger partial charge < -0.3 is 19.5 Å². The molecule has 0 aliphatic heterocycles. The lowest BCUT2D eigenvalue weighted by Gasteiger charge is -2.08. The number of ether oxygens (including phenoxy) is 3. The maximum absolute atomic E-state index is 12.5. The first-order chi connectivity index (χ1) is 15.6. The molecule has 9 heteroatoms. The summed E-state index contributed by atoms with van der Waals surface area (Å²) in [5, 5.41) is 8.13. The van der Waals surface area contributed by atoms with Gasteiger partial charge in [0.2, 0.25) is 11.0 Å². The van der Waals surface area contributed by atoms with Gasteiger partial charge in [0, 0.05) is 12.5 Å². The van der Waals surface area contributed by atoms with E-state index in [1.165, 1.54) is 11.3 Å². The first kappa shape index (κ1) is 21.6. The fraction of sp³-hybridized carbons (Fsp3) is 0.261. The van der Waals surface area contributed by atoms with E-state index in [9.17, 15) is 4.79 Å². The first-order valence-corrected chi connectivity index (χ1v) is 11.0. The number of aromatic nitrogens is 3. The molecule has 0 bridgehead atoms. The van der Waals surface area contributed by atoms with Gasteiger partial charge in [0.1, 0.15) is 23.1 Å². The number of anilines is 1. The number of hydrogen-bond donors (Lipinski definition) is 1. The van der Waals surface area contributed by atoms with Crippen LogP contribution in [0.1, 0.15) is 18.5 Å². The van der Waals surface area contributed by atoms with Gasteiger partial charge in [-0.25, -0.2) is 4.98 Å². The smallest absolute Gasteiger partial charge is 0.225 e. The van der Waals surface area contributed by atoms with Crippen molar-refractivity contribution in [3.8, 4) is 22.4 Å². The fourth-order valence-corrected chi connectivity index (χ4v) is 4.10. The molecule has 166 valence electrons. The molecule has 0 aliphatic rings. The van der Waals surface area contributed by atoms with Crippen LogP contribution in [0.4, 0.5) is 5.82 Å². The third kappa shape index (κ3) is 5.00. The van der Waals surface area contributed by atoms with Crippen molar-refractivity contribution in [2.24, 2.45) is 0 Å². The number of aryl methyl sites for hydroxylation is 1. The Bertz CT molecular complexity index is 1220. The van der Waals surface area contributed by atoms with Gasteiger partial charge in [-0.2, -0.15) is 9.78 Å². The number of nitrogens with zero attached hydrogens (tertiary/aromatic N) is 3. The number of methoxy groups -OCH3 is 2. The molecule has 1 N–H and O–H groups in total. The number of hydrogen-bond acceptors (Lipinski definition) is 7. The fourth-order valence-electron chi connectivity index (χ4n) is 3.14. The molecule has 4 rings (SSSR count). The number of carbonyl (C=O) groups is 1. The van der Waals surface area contributed by atoms with Gasteiger partial charge in [-0.1, -0.05) is 11.3 Å². The molecule has 0 radical (unpaired) electrons. The number of amides is 1. The average Bonchev–Trinajstić information content (AvgIpc) is 3.39. The normalized spacial score (nSPS) is 10.8. The lowest BCUT2D eigenvalue weighted by atomic mass is 10.3. The summed E-state index contributed by atoms with van der Waals surface area (Å²) in [7, 11) is 3.26. The quantitative estimate of drug-likeness (QED) is 0.373. The zero-order valence-corrected chi connectivity index (χ0v) is 18.9. The molecule has 4 aromatic rings. The van der Waals surface area contributed by atoms with Crippen molar-refractivity contribution in [2.75, 3.05) is 26.1 Å². The second-order valence-electron chi connectivity index (χ2n) is 7.09. The number of fused-ring (bicyclic) bond motifs is 1. The van der Waals surface area contributed by atoms with Crippen molar-refractivity contribution in [1.82, 2.24) is 14.8 Å². The van der Waals surface area contributed by atoms with E-state index >= 15 is 0 Å². The molecule has 0 fully saturated rings. The topological polar surface area (TPSA) is 87.5 Å². The summed E-state index contributed by atoms with van der Waals surface area (Å²) >= 11 is 1.49. The second kappa shape index (κ2) is 9.69. The van der Waals surface area contributed by atoms with Gasteiger partial charge >= 0.3 is 0 Å². The van der Waals surface area contributed by atoms with Crippen LogP contribution in [0.3, 0.4) is 0 Å². The Hall–Kier alpha value is -3.59. The molecule has 0 aliphatic carbocycles. The maximum atomic E-state index is 12.5. The first-order valence-electron chi connectivity index (χ1n) is 10.1. The third-order valence-corrected chi connectivity index (χ3v) is 5.73. The van der Waals surface area contributed by atoms with Crippen molar-refractivity contribution in [2.45, 2.75) is 19.8 Å². The highest BCUT2D eigenvalue weighted by Gasteiger charge is 2.15. The SMILES string of the molecule is COc1ccc(OCCCC(=O)Nc2cc(C)nn2-c2nc3ccc(OC)cc3s2)cc1. The molecule has 0 saturated heterocycles. The molecule has 0 unspecified atom stereocenters. The van der Waals surface area contributed by atoms with Crippen LogP contribution in [-0.4, -0.2) is 41.5 Å². The summed E-state index contributed by atoms with van der Waals surface area (Å²) in [6, 6.07) is 14.9. The third-order valence-electron chi connectivity index (χ3n) is 4.74. The van der Waals surface area contributed by atoms with Crippen LogP contribution >= 0.6 is 11.3 Å². The molecule has 2 aromatic carbocycles. The maximum Gasteiger partial charge on any atom is 0.225 e. The Balaban J connectivity index is 1.36. The van der Waals surface area contributed by atoms with Gasteiger partial charge in [-0.3, -0.25) is 4.79 Å². The van der Waals surface area contributed by atoms with Crippen molar-refractivity contribution in [3.05, 3.63) is 54.2 Å². The predicted octanol–water partition coefficient (Wildman–Crippen LogP) is 4.61. The van der Waals surface area contributed by atoms with E-state index in [1.54, 1.807) is 18.9 Å². The zero-order chi connectivity index (χ0) is 22.5. The van der Waals surface area contributed by atoms with Crippen LogP contribution in [0.5, 0.6) is 17.2 Å². The average molecular weight is 453 g/mol. The molecule has 0 spiro atoms. The lowest BCUT2D eigenvalue weighted by molar-refractivity contribution is -0.116. The van der Waals surface area contributed by atoms with Gasteiger partial charge in [0.05, 0.1) is 36.7 Å². The van der Waals surface area contributed by atoms with E-state index in [-0.39, 0.29) is 5.91 Å². The summed E-state index contributed by atoms with van der Waals surface area (Å²) in [4.78, 5) is 17.1. The Morgan fingerprint density at radius 3 is 2.50 bits per heavy atom. The van der Waals surface area contributed by atoms with Crippen LogP contribution in [0.25, 0.3) is 15.3 Å². The number of rotatable bonds is 9. The number of thiazole rings is 1. The van der Waals surface area contributed by atoms with Crippen molar-refractivity contribution in [1.29, 1.82) is 0 Å². The minimum Gasteiger partial charge on any atom is -0.497 e. The van der Waals surface area contributed by atoms with Crippen molar-refractivity contribution >= 4 is 33.3 Å². The van der Waals surface area contributed by atoms with Crippen LogP contribution < -0.4 is 19.5 Å². The van der Waals surface area contributed by atoms with Gasteiger partial charge in [0.15, 0.2) is 0 Å². The van der Waals surface area contributed by atoms with Gasteiger partial charge in [0.25, 0.3) is 0 Å². The summed E-state index contributed by atoms with van der Waals surface area (Å²) < 4.78 is 18.8. The van der Waals surface area contributed by atoms with Gasteiger partial charge in [-0.15, -0.1) is 0 Å². The predicted molar refractivity (Wildman–Crippen MR) is 124 cm³/mol. The summed E-state index contributed by atoms with van der Waals surface area (Å²) in [6.45, 7) is 2.32. The van der Waals surface area contributed by atoms with Crippen LogP contribution in [0.2, 0.25) is 0 Å². The molecule has 8 nitrogen and oxygen atoms in total. The largest absolute Gasteiger partial charge is 0.497 e. The molecule has 0 saturated carbocycles. The van der Waals surface area contributed by atoms with Crippen molar-refractivity contribution in [3.63, 3.8) is 0 Å². The van der Waals surface area contributed by atoms with Crippen LogP contribution in [0, 0.1) is 6.92 Å². The Morgan fingerprint density at radius 2 is 1.75 bits per heavy atom. The Kier molecular flexibility index (Phi) is 6.55. The molecule has 32 heavy (non-hydrogen) atoms. The number of benzene rings is 2. The number of nitrogens with one attached hydrogen (secondary N) is 1. The molecular weight excluding hydrogens is 428 g/mol. The van der Waals surface area contributed by atoms with E-state index in [4.69, 9.17) is 14.2 Å².